The number of ether oxygens (including phenoxy) is 2. The molecule has 0 radical (unpaired) electrons. The van der Waals surface area contributed by atoms with E-state index in [1.807, 2.05) is 0 Å². The highest BCUT2D eigenvalue weighted by Crippen LogP contribution is 2.29. The Morgan fingerprint density at radius 1 is 1.48 bits per heavy atom. The number of aromatic nitrogens is 3. The summed E-state index contributed by atoms with van der Waals surface area (Å²) in [6, 6.07) is 6.91. The van der Waals surface area contributed by atoms with Gasteiger partial charge in [0.1, 0.15) is 11.3 Å². The standard InChI is InChI=1S/C14H15N3O4/c1-20-13(18)10-4-2-3-5-11(10)17-8-12(15-16-17)14(19)6-7-21-9-14/h2-5,8,19H,6-7,9H2,1H3. The number of carbonyl (C=O) groups is 1. The number of nitrogens with zero attached hydrogens (tertiary/aromatic N) is 3. The van der Waals surface area contributed by atoms with Gasteiger partial charge in [-0.25, -0.2) is 9.48 Å². The molecule has 1 saturated heterocycles. The van der Waals surface area contributed by atoms with E-state index >= 15 is 0 Å². The highest BCUT2D eigenvalue weighted by molar-refractivity contribution is 5.93. The van der Waals surface area contributed by atoms with Crippen LogP contribution >= 0.6 is 0 Å². The lowest BCUT2D eigenvalue weighted by Gasteiger charge is -2.15. The zero-order valence-corrected chi connectivity index (χ0v) is 11.5. The number of hydrogen-bond donors (Lipinski definition) is 1. The molecular formula is C14H15N3O4. The van der Waals surface area contributed by atoms with E-state index in [1.54, 1.807) is 30.5 Å². The summed E-state index contributed by atoms with van der Waals surface area (Å²) in [5.74, 6) is -0.453. The molecule has 1 fully saturated rings. The van der Waals surface area contributed by atoms with Gasteiger partial charge >= 0.3 is 5.97 Å². The first-order chi connectivity index (χ1) is 10.1. The van der Waals surface area contributed by atoms with Crippen LogP contribution in [0, 0.1) is 0 Å². The highest BCUT2D eigenvalue weighted by Gasteiger charge is 2.37. The summed E-state index contributed by atoms with van der Waals surface area (Å²) in [5, 5.41) is 18.4. The van der Waals surface area contributed by atoms with E-state index in [2.05, 4.69) is 10.3 Å². The summed E-state index contributed by atoms with van der Waals surface area (Å²) in [6.07, 6.45) is 2.08. The third-order valence-corrected chi connectivity index (χ3v) is 3.53. The highest BCUT2D eigenvalue weighted by atomic mass is 16.5. The lowest BCUT2D eigenvalue weighted by atomic mass is 10.0. The van der Waals surface area contributed by atoms with Gasteiger partial charge in [0.25, 0.3) is 0 Å². The Balaban J connectivity index is 1.99. The second-order valence-corrected chi connectivity index (χ2v) is 4.89. The van der Waals surface area contributed by atoms with Gasteiger partial charge in [0.2, 0.25) is 0 Å². The lowest BCUT2D eigenvalue weighted by molar-refractivity contribution is 0.0193. The maximum Gasteiger partial charge on any atom is 0.340 e. The molecule has 2 heterocycles. The molecule has 2 aromatic rings. The van der Waals surface area contributed by atoms with Crippen molar-refractivity contribution in [3.05, 3.63) is 41.7 Å². The van der Waals surface area contributed by atoms with Gasteiger partial charge in [-0.2, -0.15) is 0 Å². The second-order valence-electron chi connectivity index (χ2n) is 4.89. The smallest absolute Gasteiger partial charge is 0.340 e. The van der Waals surface area contributed by atoms with E-state index in [9.17, 15) is 9.90 Å². The molecule has 1 aliphatic rings. The number of rotatable bonds is 3. The Morgan fingerprint density at radius 3 is 3.00 bits per heavy atom. The third kappa shape index (κ3) is 2.41. The Hall–Kier alpha value is -2.25. The Labute approximate surface area is 121 Å². The van der Waals surface area contributed by atoms with E-state index in [4.69, 9.17) is 9.47 Å². The van der Waals surface area contributed by atoms with Crippen molar-refractivity contribution in [2.75, 3.05) is 20.3 Å². The molecule has 1 aromatic heterocycles. The van der Waals surface area contributed by atoms with Gasteiger partial charge in [0, 0.05) is 13.0 Å². The topological polar surface area (TPSA) is 86.5 Å². The molecule has 1 aromatic carbocycles. The second kappa shape index (κ2) is 5.27. The van der Waals surface area contributed by atoms with Crippen LogP contribution in [0.1, 0.15) is 22.5 Å². The van der Waals surface area contributed by atoms with Crippen molar-refractivity contribution < 1.29 is 19.4 Å². The van der Waals surface area contributed by atoms with Gasteiger partial charge in [-0.1, -0.05) is 17.3 Å². The lowest BCUT2D eigenvalue weighted by Crippen LogP contribution is -2.26. The summed E-state index contributed by atoms with van der Waals surface area (Å²) < 4.78 is 11.4. The van der Waals surface area contributed by atoms with Crippen LogP contribution < -0.4 is 0 Å². The number of aliphatic hydroxyl groups is 1. The number of para-hydroxylation sites is 1. The van der Waals surface area contributed by atoms with Crippen molar-refractivity contribution in [3.8, 4) is 5.69 Å². The molecule has 1 N–H and O–H groups in total. The fraction of sp³-hybridized carbons (Fsp3) is 0.357. The molecule has 3 rings (SSSR count). The van der Waals surface area contributed by atoms with E-state index in [0.717, 1.165) is 0 Å². The SMILES string of the molecule is COC(=O)c1ccccc1-n1cc(C2(O)CCOC2)nn1. The Kier molecular flexibility index (Phi) is 3.44. The minimum absolute atomic E-state index is 0.199. The number of esters is 1. The van der Waals surface area contributed by atoms with Crippen molar-refractivity contribution in [2.24, 2.45) is 0 Å². The van der Waals surface area contributed by atoms with Gasteiger partial charge in [-0.15, -0.1) is 5.10 Å². The predicted molar refractivity (Wildman–Crippen MR) is 72.0 cm³/mol. The molecule has 0 amide bonds. The predicted octanol–water partition coefficient (Wildman–Crippen LogP) is 0.662. The fourth-order valence-corrected chi connectivity index (χ4v) is 2.31. The quantitative estimate of drug-likeness (QED) is 0.835. The fourth-order valence-electron chi connectivity index (χ4n) is 2.31. The minimum atomic E-state index is -1.11. The first-order valence-electron chi connectivity index (χ1n) is 6.55. The van der Waals surface area contributed by atoms with Gasteiger partial charge < -0.3 is 14.6 Å². The Morgan fingerprint density at radius 2 is 2.29 bits per heavy atom. The molecule has 110 valence electrons. The summed E-state index contributed by atoms with van der Waals surface area (Å²) in [6.45, 7) is 0.687. The molecule has 1 atom stereocenters. The van der Waals surface area contributed by atoms with Crippen molar-refractivity contribution in [1.29, 1.82) is 0 Å². The van der Waals surface area contributed by atoms with Crippen molar-refractivity contribution >= 4 is 5.97 Å². The number of benzene rings is 1. The van der Waals surface area contributed by atoms with Crippen molar-refractivity contribution in [2.45, 2.75) is 12.0 Å². The van der Waals surface area contributed by atoms with E-state index in [-0.39, 0.29) is 6.61 Å². The molecule has 0 saturated carbocycles. The molecule has 21 heavy (non-hydrogen) atoms. The average molecular weight is 289 g/mol. The zero-order valence-electron chi connectivity index (χ0n) is 11.5. The van der Waals surface area contributed by atoms with Crippen LogP contribution in [0.15, 0.2) is 30.5 Å². The van der Waals surface area contributed by atoms with Crippen LogP contribution in [0.4, 0.5) is 0 Å². The molecule has 1 unspecified atom stereocenters. The van der Waals surface area contributed by atoms with E-state index in [1.165, 1.54) is 11.8 Å². The molecule has 7 heteroatoms. The van der Waals surface area contributed by atoms with Crippen LogP contribution in [-0.4, -0.2) is 46.4 Å². The summed E-state index contributed by atoms with van der Waals surface area (Å²) in [4.78, 5) is 11.8. The molecular weight excluding hydrogens is 274 g/mol. The van der Waals surface area contributed by atoms with Crippen molar-refractivity contribution in [1.82, 2.24) is 15.0 Å². The molecule has 1 aliphatic heterocycles. The number of hydrogen-bond acceptors (Lipinski definition) is 6. The normalized spacial score (nSPS) is 21.4. The van der Waals surface area contributed by atoms with Gasteiger partial charge in [0.05, 0.1) is 31.2 Å². The summed E-state index contributed by atoms with van der Waals surface area (Å²) >= 11 is 0. The molecule has 7 nitrogen and oxygen atoms in total. The zero-order chi connectivity index (χ0) is 14.9. The van der Waals surface area contributed by atoms with Gasteiger partial charge in [-0.05, 0) is 12.1 Å². The van der Waals surface area contributed by atoms with Crippen molar-refractivity contribution in [3.63, 3.8) is 0 Å². The van der Waals surface area contributed by atoms with E-state index < -0.39 is 11.6 Å². The summed E-state index contributed by atoms with van der Waals surface area (Å²) in [5.41, 5.74) is 0.245. The van der Waals surface area contributed by atoms with Crippen LogP contribution in [0.3, 0.4) is 0 Å². The van der Waals surface area contributed by atoms with Crippen LogP contribution in [0.5, 0.6) is 0 Å². The third-order valence-electron chi connectivity index (χ3n) is 3.53. The average Bonchev–Trinajstić information content (AvgIpc) is 3.16. The van der Waals surface area contributed by atoms with Crippen LogP contribution in [0.2, 0.25) is 0 Å². The first kappa shape index (κ1) is 13.7. The number of carbonyl (C=O) groups excluding carboxylic acids is 1. The molecule has 0 aliphatic carbocycles. The molecule has 0 spiro atoms. The first-order valence-corrected chi connectivity index (χ1v) is 6.55. The maximum atomic E-state index is 11.8. The largest absolute Gasteiger partial charge is 0.465 e. The van der Waals surface area contributed by atoms with E-state index in [0.29, 0.717) is 30.0 Å². The van der Waals surface area contributed by atoms with Crippen LogP contribution in [0.25, 0.3) is 5.69 Å². The van der Waals surface area contributed by atoms with Crippen LogP contribution in [-0.2, 0) is 15.1 Å². The maximum absolute atomic E-state index is 11.8. The summed E-state index contributed by atoms with van der Waals surface area (Å²) in [7, 11) is 1.32. The number of methoxy groups -OCH3 is 1. The molecule has 0 bridgehead atoms. The monoisotopic (exact) mass is 289 g/mol. The van der Waals surface area contributed by atoms with Gasteiger partial charge in [-0.3, -0.25) is 0 Å². The minimum Gasteiger partial charge on any atom is -0.465 e. The van der Waals surface area contributed by atoms with Gasteiger partial charge in [0.15, 0.2) is 0 Å². The Bertz CT molecular complexity index is 662.